The standard InChI is InChI=1S/C2H8N2.9C2H4O2.Cu.Mn.Na/c3-1-2-4;9*1-2(3)4;;;/h1-4H2;9*1H3,(H,3,4);;;/q;;;;;;;;;;2*+2;+1/p-5. The second-order valence-electron chi connectivity index (χ2n) is 5.11. The Morgan fingerprint density at radius 2 is 0.442 bits per heavy atom. The molecule has 0 atom stereocenters. The van der Waals surface area contributed by atoms with E-state index in [2.05, 4.69) is 0 Å². The third kappa shape index (κ3) is 16500. The molecule has 43 heavy (non-hydrogen) atoms. The van der Waals surface area contributed by atoms with Crippen LogP contribution in [-0.4, -0.2) is 87.2 Å². The van der Waals surface area contributed by atoms with Crippen molar-refractivity contribution in [3.05, 3.63) is 0 Å². The molecule has 0 heterocycles. The Labute approximate surface area is 292 Å². The molecule has 0 aliphatic carbocycles. The summed E-state index contributed by atoms with van der Waals surface area (Å²) in [4.78, 5) is 80.4. The molecule has 0 spiro atoms. The largest absolute Gasteiger partial charge is 2.00 e. The monoisotopic (exact) mass is 736 g/mol. The van der Waals surface area contributed by atoms with Crippen molar-refractivity contribution >= 4 is 53.7 Å². The number of hydrogen-bond donors (Lipinski definition) is 6. The molecule has 20 nitrogen and oxygen atoms in total. The van der Waals surface area contributed by atoms with E-state index in [1.807, 2.05) is 0 Å². The molecular weight excluding hydrogens is 698 g/mol. The minimum atomic E-state index is -1.08. The summed E-state index contributed by atoms with van der Waals surface area (Å²) in [5.74, 6) is -8.75. The van der Waals surface area contributed by atoms with Crippen LogP contribution in [-0.2, 0) is 77.3 Å². The molecular formula is C20H39CuMnN2NaO18. The van der Waals surface area contributed by atoms with Gasteiger partial charge in [-0.1, -0.05) is 0 Å². The smallest absolute Gasteiger partial charge is 0.550 e. The van der Waals surface area contributed by atoms with Gasteiger partial charge < -0.3 is 81.4 Å². The number of rotatable bonds is 1. The molecule has 0 aliphatic heterocycles. The van der Waals surface area contributed by atoms with E-state index in [0.29, 0.717) is 13.1 Å². The molecule has 0 aromatic carbocycles. The average Bonchev–Trinajstić information content (AvgIpc) is 2.56. The molecule has 0 unspecified atom stereocenters. The van der Waals surface area contributed by atoms with Crippen LogP contribution < -0.4 is 66.6 Å². The van der Waals surface area contributed by atoms with E-state index in [-0.39, 0.29) is 63.7 Å². The Hall–Kier alpha value is -2.81. The van der Waals surface area contributed by atoms with Crippen molar-refractivity contribution in [1.82, 2.24) is 0 Å². The number of carboxylic acids is 9. The first-order chi connectivity index (χ1) is 17.5. The van der Waals surface area contributed by atoms with Crippen molar-refractivity contribution in [2.45, 2.75) is 62.3 Å². The SMILES string of the molecule is CC(=O)O.CC(=O)O.CC(=O)O.CC(=O)O.CC(=O)[O-].CC(=O)[O-].CC(=O)[O-].CC(=O)[O-].CC(=O)[O-].NCCN.[Cu+2].[Mn+2].[Na+]. The van der Waals surface area contributed by atoms with Crippen LogP contribution in [0.1, 0.15) is 62.3 Å². The van der Waals surface area contributed by atoms with E-state index in [1.165, 1.54) is 0 Å². The molecule has 0 aliphatic rings. The van der Waals surface area contributed by atoms with Crippen molar-refractivity contribution < 1.29 is 153 Å². The van der Waals surface area contributed by atoms with E-state index in [1.54, 1.807) is 0 Å². The molecule has 0 fully saturated rings. The van der Waals surface area contributed by atoms with Gasteiger partial charge in [0.1, 0.15) is 0 Å². The fourth-order valence-corrected chi connectivity index (χ4v) is 0. The summed E-state index contributed by atoms with van der Waals surface area (Å²) < 4.78 is 0. The van der Waals surface area contributed by atoms with E-state index in [4.69, 9.17) is 101 Å². The molecule has 0 aromatic heterocycles. The van der Waals surface area contributed by atoms with Gasteiger partial charge in [0.15, 0.2) is 0 Å². The number of aliphatic carboxylic acids is 9. The van der Waals surface area contributed by atoms with Gasteiger partial charge in [0.25, 0.3) is 23.9 Å². The molecule has 0 rings (SSSR count). The molecule has 8 N–H and O–H groups in total. The topological polar surface area (TPSA) is 402 Å². The summed E-state index contributed by atoms with van der Waals surface area (Å²) in [5, 5.41) is 74.1. The summed E-state index contributed by atoms with van der Waals surface area (Å²) in [7, 11) is 0. The van der Waals surface area contributed by atoms with Gasteiger partial charge in [-0.05, 0) is 34.6 Å². The summed E-state index contributed by atoms with van der Waals surface area (Å²) >= 11 is 0. The van der Waals surface area contributed by atoms with Crippen molar-refractivity contribution in [3.63, 3.8) is 0 Å². The van der Waals surface area contributed by atoms with Crippen LogP contribution in [0.2, 0.25) is 0 Å². The molecule has 0 bridgehead atoms. The number of hydrogen-bond acceptors (Lipinski definition) is 16. The molecule has 256 valence electrons. The molecule has 0 amide bonds. The quantitative estimate of drug-likeness (QED) is 0.136. The normalized spacial score (nSPS) is 5.93. The predicted molar refractivity (Wildman–Crippen MR) is 125 cm³/mol. The van der Waals surface area contributed by atoms with Crippen LogP contribution in [0.3, 0.4) is 0 Å². The first-order valence-corrected chi connectivity index (χ1v) is 9.57. The van der Waals surface area contributed by atoms with E-state index < -0.39 is 53.7 Å². The number of nitrogens with two attached hydrogens (primary N) is 2. The zero-order valence-electron chi connectivity index (χ0n) is 25.3. The third-order valence-corrected chi connectivity index (χ3v) is 0.167. The van der Waals surface area contributed by atoms with Gasteiger partial charge in [0.05, 0.1) is 0 Å². The average molecular weight is 737 g/mol. The predicted octanol–water partition coefficient (Wildman–Crippen LogP) is -9.95. The summed E-state index contributed by atoms with van der Waals surface area (Å²) in [6.07, 6.45) is 0. The molecule has 0 saturated carbocycles. The fraction of sp³-hybridized carbons (Fsp3) is 0.550. The molecule has 0 aromatic rings. The Morgan fingerprint density at radius 3 is 0.442 bits per heavy atom. The Kier molecular flexibility index (Phi) is 162. The summed E-state index contributed by atoms with van der Waals surface area (Å²) in [6.45, 7) is 10.4. The molecule has 2 radical (unpaired) electrons. The van der Waals surface area contributed by atoms with Crippen molar-refractivity contribution in [2.75, 3.05) is 13.1 Å². The van der Waals surface area contributed by atoms with Crippen LogP contribution in [0.5, 0.6) is 0 Å². The van der Waals surface area contributed by atoms with Gasteiger partial charge in [0, 0.05) is 70.6 Å². The minimum absolute atomic E-state index is 0. The van der Waals surface area contributed by atoms with Crippen LogP contribution in [0.15, 0.2) is 0 Å². The van der Waals surface area contributed by atoms with Gasteiger partial charge >= 0.3 is 63.7 Å². The van der Waals surface area contributed by atoms with Crippen LogP contribution in [0.25, 0.3) is 0 Å². The van der Waals surface area contributed by atoms with E-state index >= 15 is 0 Å². The molecule has 23 heteroatoms. The van der Waals surface area contributed by atoms with Gasteiger partial charge in [-0.2, -0.15) is 0 Å². The Balaban J connectivity index is -0.0000000210. The Bertz CT molecular complexity index is 475. The molecule has 0 saturated heterocycles. The van der Waals surface area contributed by atoms with Gasteiger partial charge in [-0.3, -0.25) is 19.2 Å². The number of carbonyl (C=O) groups excluding carboxylic acids is 5. The van der Waals surface area contributed by atoms with Gasteiger partial charge in [-0.25, -0.2) is 0 Å². The Morgan fingerprint density at radius 1 is 0.419 bits per heavy atom. The van der Waals surface area contributed by atoms with Crippen molar-refractivity contribution in [1.29, 1.82) is 0 Å². The van der Waals surface area contributed by atoms with Crippen molar-refractivity contribution in [2.24, 2.45) is 11.5 Å². The summed E-state index contributed by atoms with van der Waals surface area (Å²) in [6, 6.07) is 0. The van der Waals surface area contributed by atoms with Gasteiger partial charge in [0.2, 0.25) is 0 Å². The first-order valence-electron chi connectivity index (χ1n) is 9.57. The third-order valence-electron chi connectivity index (χ3n) is 0.167. The second kappa shape index (κ2) is 83.3. The second-order valence-corrected chi connectivity index (χ2v) is 5.11. The van der Waals surface area contributed by atoms with E-state index in [9.17, 15) is 0 Å². The van der Waals surface area contributed by atoms with Crippen molar-refractivity contribution in [3.8, 4) is 0 Å². The maximum Gasteiger partial charge on any atom is 2.00 e. The zero-order valence-corrected chi connectivity index (χ0v) is 29.4. The van der Waals surface area contributed by atoms with Crippen LogP contribution >= 0.6 is 0 Å². The number of carboxylic acid groups (broad SMARTS) is 9. The van der Waals surface area contributed by atoms with Crippen LogP contribution in [0, 0.1) is 0 Å². The number of carbonyl (C=O) groups is 9. The zero-order chi connectivity index (χ0) is 35.6. The minimum Gasteiger partial charge on any atom is -0.550 e. The fourth-order valence-electron chi connectivity index (χ4n) is 0. The van der Waals surface area contributed by atoms with Crippen LogP contribution in [0.4, 0.5) is 0 Å². The first kappa shape index (κ1) is 83.5. The van der Waals surface area contributed by atoms with Gasteiger partial charge in [-0.15, -0.1) is 0 Å². The maximum absolute atomic E-state index is 9.00. The maximum atomic E-state index is 9.00. The van der Waals surface area contributed by atoms with E-state index in [0.717, 1.165) is 62.3 Å². The summed E-state index contributed by atoms with van der Waals surface area (Å²) in [5.41, 5.74) is 9.81.